The topological polar surface area (TPSA) is 62.1 Å². The van der Waals surface area contributed by atoms with Gasteiger partial charge in [0.25, 0.3) is 0 Å². The van der Waals surface area contributed by atoms with Crippen LogP contribution >= 0.6 is 0 Å². The number of aliphatic hydroxyl groups is 1. The molecule has 7 heteroatoms. The fourth-order valence-corrected chi connectivity index (χ4v) is 4.48. The van der Waals surface area contributed by atoms with Gasteiger partial charge >= 0.3 is 0 Å². The van der Waals surface area contributed by atoms with Crippen LogP contribution in [0.4, 0.5) is 8.78 Å². The molecule has 2 aromatic carbocycles. The maximum Gasteiger partial charge on any atom is 0.240 e. The molecule has 0 saturated heterocycles. The van der Waals surface area contributed by atoms with Crippen LogP contribution in [0.15, 0.2) is 47.6 Å². The number of benzene rings is 2. The van der Waals surface area contributed by atoms with E-state index in [2.05, 4.69) is 5.10 Å². The van der Waals surface area contributed by atoms with E-state index < -0.39 is 17.2 Å². The normalized spacial score (nSPS) is 23.0. The lowest BCUT2D eigenvalue weighted by atomic mass is 9.71. The molecule has 2 aliphatic rings. The minimum Gasteiger partial charge on any atom is -0.493 e. The number of hydrazone groups is 1. The predicted octanol–water partition coefficient (Wildman–Crippen LogP) is 3.60. The van der Waals surface area contributed by atoms with E-state index in [1.54, 1.807) is 0 Å². The van der Waals surface area contributed by atoms with E-state index in [1.807, 2.05) is 24.3 Å². The van der Waals surface area contributed by atoms with Crippen LogP contribution in [0.3, 0.4) is 0 Å². The number of hydrogen-bond donors (Lipinski definition) is 1. The van der Waals surface area contributed by atoms with Crippen LogP contribution in [0, 0.1) is 17.6 Å². The van der Waals surface area contributed by atoms with Crippen LogP contribution in [-0.2, 0) is 10.3 Å². The van der Waals surface area contributed by atoms with Gasteiger partial charge in [-0.15, -0.1) is 0 Å². The molecule has 2 heterocycles. The summed E-state index contributed by atoms with van der Waals surface area (Å²) in [6.07, 6.45) is 1.37. The zero-order valence-corrected chi connectivity index (χ0v) is 16.1. The van der Waals surface area contributed by atoms with E-state index in [9.17, 15) is 18.7 Å². The lowest BCUT2D eigenvalue weighted by Gasteiger charge is -2.46. The van der Waals surface area contributed by atoms with Crippen molar-refractivity contribution in [3.05, 3.63) is 65.2 Å². The number of fused-ring (bicyclic) bond motifs is 2. The van der Waals surface area contributed by atoms with Gasteiger partial charge in [0.2, 0.25) is 5.91 Å². The van der Waals surface area contributed by atoms with Crippen molar-refractivity contribution in [2.24, 2.45) is 11.0 Å². The second-order valence-corrected chi connectivity index (χ2v) is 7.47. The Labute approximate surface area is 167 Å². The van der Waals surface area contributed by atoms with Crippen molar-refractivity contribution in [2.75, 3.05) is 13.2 Å². The Morgan fingerprint density at radius 1 is 1.31 bits per heavy atom. The molecule has 0 aromatic heterocycles. The van der Waals surface area contributed by atoms with E-state index in [1.165, 1.54) is 11.9 Å². The highest BCUT2D eigenvalue weighted by Crippen LogP contribution is 2.52. The Bertz CT molecular complexity index is 978. The monoisotopic (exact) mass is 400 g/mol. The van der Waals surface area contributed by atoms with Gasteiger partial charge in [-0.2, -0.15) is 5.10 Å². The molecule has 0 aliphatic carbocycles. The molecule has 5 nitrogen and oxygen atoms in total. The summed E-state index contributed by atoms with van der Waals surface area (Å²) in [6.45, 7) is 1.77. The fourth-order valence-electron chi connectivity index (χ4n) is 4.48. The van der Waals surface area contributed by atoms with Crippen molar-refractivity contribution in [1.29, 1.82) is 0 Å². The Kier molecular flexibility index (Phi) is 5.08. The zero-order chi connectivity index (χ0) is 20.6. The molecule has 0 bridgehead atoms. The maximum atomic E-state index is 14.5. The van der Waals surface area contributed by atoms with Gasteiger partial charge in [-0.3, -0.25) is 4.79 Å². The van der Waals surface area contributed by atoms with Gasteiger partial charge in [0.05, 0.1) is 12.3 Å². The second-order valence-electron chi connectivity index (χ2n) is 7.47. The molecule has 2 aromatic rings. The van der Waals surface area contributed by atoms with Gasteiger partial charge in [-0.1, -0.05) is 18.2 Å². The molecule has 0 fully saturated rings. The van der Waals surface area contributed by atoms with Gasteiger partial charge in [-0.25, -0.2) is 13.8 Å². The molecule has 2 unspecified atom stereocenters. The van der Waals surface area contributed by atoms with Crippen LogP contribution in [0.1, 0.15) is 37.3 Å². The SMILES string of the molecule is CC(=O)N1N=C(c2cc(F)ccc2F)CC12c1ccccc1OCC2CCCO. The molecule has 29 heavy (non-hydrogen) atoms. The van der Waals surface area contributed by atoms with Crippen molar-refractivity contribution in [3.63, 3.8) is 0 Å². The molecule has 1 amide bonds. The minimum atomic E-state index is -0.871. The third-order valence-electron chi connectivity index (χ3n) is 5.75. The first-order valence-electron chi connectivity index (χ1n) is 9.64. The van der Waals surface area contributed by atoms with E-state index in [4.69, 9.17) is 4.74 Å². The second kappa shape index (κ2) is 7.55. The number of nitrogens with zero attached hydrogens (tertiary/aromatic N) is 2. The largest absolute Gasteiger partial charge is 0.493 e. The Hall–Kier alpha value is -2.80. The lowest BCUT2D eigenvalue weighted by molar-refractivity contribution is -0.139. The first-order valence-corrected chi connectivity index (χ1v) is 9.64. The summed E-state index contributed by atoms with van der Waals surface area (Å²) in [5.74, 6) is -0.953. The van der Waals surface area contributed by atoms with Gasteiger partial charge in [0.15, 0.2) is 0 Å². The quantitative estimate of drug-likeness (QED) is 0.853. The Balaban J connectivity index is 1.87. The van der Waals surface area contributed by atoms with Gasteiger partial charge in [0.1, 0.15) is 22.9 Å². The average molecular weight is 400 g/mol. The fraction of sp³-hybridized carbons (Fsp3) is 0.364. The third-order valence-corrected chi connectivity index (χ3v) is 5.75. The molecule has 1 spiro atoms. The van der Waals surface area contributed by atoms with E-state index in [0.29, 0.717) is 30.9 Å². The summed E-state index contributed by atoms with van der Waals surface area (Å²) < 4.78 is 34.2. The molecule has 1 N–H and O–H groups in total. The highest BCUT2D eigenvalue weighted by molar-refractivity contribution is 6.04. The van der Waals surface area contributed by atoms with Crippen molar-refractivity contribution >= 4 is 11.6 Å². The maximum absolute atomic E-state index is 14.5. The third kappa shape index (κ3) is 3.19. The van der Waals surface area contributed by atoms with Crippen LogP contribution in [0.2, 0.25) is 0 Å². The summed E-state index contributed by atoms with van der Waals surface area (Å²) in [7, 11) is 0. The molecule has 4 rings (SSSR count). The predicted molar refractivity (Wildman–Crippen MR) is 103 cm³/mol. The number of hydrogen-bond acceptors (Lipinski definition) is 4. The standard InChI is InChI=1S/C22H22F2N2O3/c1-14(28)26-22(12-20(25-26)17-11-16(23)8-9-19(17)24)15(5-4-10-27)13-29-21-7-3-2-6-18(21)22/h2-3,6-9,11,15,27H,4-5,10,12-13H2,1H3. The van der Waals surface area contributed by atoms with Crippen LogP contribution < -0.4 is 4.74 Å². The van der Waals surface area contributed by atoms with Crippen LogP contribution in [0.25, 0.3) is 0 Å². The van der Waals surface area contributed by atoms with Crippen molar-refractivity contribution in [2.45, 2.75) is 31.7 Å². The first-order chi connectivity index (χ1) is 14.0. The highest BCUT2D eigenvalue weighted by Gasteiger charge is 2.55. The molecule has 0 radical (unpaired) electrons. The number of amides is 1. The summed E-state index contributed by atoms with van der Waals surface area (Å²) in [5, 5.41) is 15.2. The van der Waals surface area contributed by atoms with E-state index >= 15 is 0 Å². The molecular weight excluding hydrogens is 378 g/mol. The summed E-state index contributed by atoms with van der Waals surface area (Å²) in [6, 6.07) is 10.7. The molecule has 152 valence electrons. The van der Waals surface area contributed by atoms with Gasteiger partial charge in [0, 0.05) is 37.0 Å². The Morgan fingerprint density at radius 3 is 2.86 bits per heavy atom. The summed E-state index contributed by atoms with van der Waals surface area (Å²) in [4.78, 5) is 12.6. The van der Waals surface area contributed by atoms with Gasteiger partial charge in [-0.05, 0) is 37.1 Å². The van der Waals surface area contributed by atoms with Crippen molar-refractivity contribution in [1.82, 2.24) is 5.01 Å². The number of rotatable bonds is 4. The van der Waals surface area contributed by atoms with E-state index in [0.717, 1.165) is 23.8 Å². The Morgan fingerprint density at radius 2 is 2.10 bits per heavy atom. The highest BCUT2D eigenvalue weighted by atomic mass is 19.1. The molecule has 2 atom stereocenters. The van der Waals surface area contributed by atoms with Gasteiger partial charge < -0.3 is 9.84 Å². The van der Waals surface area contributed by atoms with Crippen LogP contribution in [0.5, 0.6) is 5.75 Å². The van der Waals surface area contributed by atoms with Crippen molar-refractivity contribution < 1.29 is 23.4 Å². The van der Waals surface area contributed by atoms with Crippen molar-refractivity contribution in [3.8, 4) is 5.75 Å². The smallest absolute Gasteiger partial charge is 0.240 e. The summed E-state index contributed by atoms with van der Waals surface area (Å²) in [5.41, 5.74) is 0.296. The first kappa shape index (κ1) is 19.5. The summed E-state index contributed by atoms with van der Waals surface area (Å²) >= 11 is 0. The molecular formula is C22H22F2N2O3. The average Bonchev–Trinajstić information content (AvgIpc) is 3.11. The molecule has 2 aliphatic heterocycles. The minimum absolute atomic E-state index is 0.0144. The number of halogens is 2. The number of ether oxygens (including phenoxy) is 1. The number of aliphatic hydroxyl groups excluding tert-OH is 1. The number of carbonyl (C=O) groups excluding carboxylic acids is 1. The lowest BCUT2D eigenvalue weighted by Crippen LogP contribution is -2.52. The van der Waals surface area contributed by atoms with E-state index in [-0.39, 0.29) is 30.4 Å². The number of para-hydroxylation sites is 1. The zero-order valence-electron chi connectivity index (χ0n) is 16.1. The number of carbonyl (C=O) groups is 1. The molecule has 0 saturated carbocycles. The van der Waals surface area contributed by atoms with Crippen LogP contribution in [-0.4, -0.2) is 34.9 Å².